The molecule has 1 aromatic carbocycles. The topological polar surface area (TPSA) is 93.6 Å². The molecule has 3 unspecified atom stereocenters. The average Bonchev–Trinajstić information content (AvgIpc) is 3.50. The number of amides is 3. The highest BCUT2D eigenvalue weighted by Gasteiger charge is 2.80. The van der Waals surface area contributed by atoms with E-state index in [1.54, 1.807) is 33.9 Å². The molecule has 0 aromatic heterocycles. The van der Waals surface area contributed by atoms with Crippen LogP contribution in [0.5, 0.6) is 0 Å². The van der Waals surface area contributed by atoms with Crippen molar-refractivity contribution in [3.63, 3.8) is 0 Å². The van der Waals surface area contributed by atoms with Crippen LogP contribution >= 0.6 is 0 Å². The van der Waals surface area contributed by atoms with Gasteiger partial charge in [0.15, 0.2) is 0 Å². The Morgan fingerprint density at radius 1 is 1.05 bits per heavy atom. The van der Waals surface area contributed by atoms with Crippen LogP contribution in [0, 0.1) is 17.8 Å². The smallest absolute Gasteiger partial charge is 0.253 e. The summed E-state index contributed by atoms with van der Waals surface area (Å²) in [6, 6.07) is 7.04. The lowest BCUT2D eigenvalue weighted by molar-refractivity contribution is -0.150. The number of carbonyl (C=O) groups is 3. The van der Waals surface area contributed by atoms with Crippen molar-refractivity contribution in [3.8, 4) is 0 Å². The van der Waals surface area contributed by atoms with Gasteiger partial charge in [0.2, 0.25) is 11.8 Å². The maximum atomic E-state index is 14.8. The number of aliphatic hydroxyl groups excluding tert-OH is 1. The maximum Gasteiger partial charge on any atom is 0.253 e. The summed E-state index contributed by atoms with van der Waals surface area (Å²) >= 11 is 0. The monoisotopic (exact) mass is 594 g/mol. The molecule has 6 atom stereocenters. The second kappa shape index (κ2) is 13.2. The van der Waals surface area contributed by atoms with E-state index in [4.69, 9.17) is 4.74 Å². The van der Waals surface area contributed by atoms with Gasteiger partial charge in [0.25, 0.3) is 5.91 Å². The highest BCUT2D eigenvalue weighted by atomic mass is 16.5. The Morgan fingerprint density at radius 2 is 1.67 bits per heavy atom. The third-order valence-electron chi connectivity index (χ3n) is 10.0. The van der Waals surface area contributed by atoms with E-state index in [1.165, 1.54) is 0 Å². The van der Waals surface area contributed by atoms with Crippen LogP contribution in [0.25, 0.3) is 0 Å². The molecule has 43 heavy (non-hydrogen) atoms. The minimum Gasteiger partial charge on any atom is -0.396 e. The molecule has 3 aliphatic rings. The summed E-state index contributed by atoms with van der Waals surface area (Å²) < 4.78 is 6.90. The molecule has 9 heteroatoms. The zero-order valence-electron chi connectivity index (χ0n) is 26.6. The molecule has 236 valence electrons. The fourth-order valence-electron chi connectivity index (χ4n) is 7.76. The number of rotatable bonds is 15. The van der Waals surface area contributed by atoms with E-state index in [9.17, 15) is 19.5 Å². The van der Waals surface area contributed by atoms with Crippen molar-refractivity contribution in [1.82, 2.24) is 9.80 Å². The summed E-state index contributed by atoms with van der Waals surface area (Å²) in [7, 11) is 1.72. The molecule has 3 saturated heterocycles. The van der Waals surface area contributed by atoms with Gasteiger partial charge in [-0.25, -0.2) is 0 Å². The minimum absolute atomic E-state index is 0.0338. The molecular formula is C34H50N4O5. The number of hydrogen-bond donors (Lipinski definition) is 1. The Morgan fingerprint density at radius 3 is 2.26 bits per heavy atom. The normalized spacial score (nSPS) is 29.0. The summed E-state index contributed by atoms with van der Waals surface area (Å²) in [6.45, 7) is 18.7. The van der Waals surface area contributed by atoms with Gasteiger partial charge in [-0.1, -0.05) is 19.1 Å². The molecule has 0 aliphatic carbocycles. The number of ether oxygens (including phenoxy) is 1. The van der Waals surface area contributed by atoms with E-state index in [0.717, 1.165) is 30.9 Å². The van der Waals surface area contributed by atoms with Crippen LogP contribution in [0.2, 0.25) is 0 Å². The number of fused-ring (bicyclic) bond motifs is 1. The third kappa shape index (κ3) is 5.50. The predicted molar refractivity (Wildman–Crippen MR) is 170 cm³/mol. The van der Waals surface area contributed by atoms with Crippen molar-refractivity contribution in [1.29, 1.82) is 0 Å². The number of nitrogens with zero attached hydrogens (tertiary/aromatic N) is 4. The standard InChI is InChI=1S/C34H50N4O5/c1-8-19-35(7)30(40)27-28-31(41)38(21-13-12-14-22-39)29(34(28)23-24(5)33(27,6)43-34)32(42)37(20-9-2)26-17-15-25(16-18-26)36(10-3)11-4/h8-9,15-18,24,27-29,39H,1-2,10-14,19-23H2,3-7H3/t24?,27-,28-,29?,33+,34?/m0/s1. The lowest BCUT2D eigenvalue weighted by atomic mass is 9.62. The quantitative estimate of drug-likeness (QED) is 0.245. The van der Waals surface area contributed by atoms with Gasteiger partial charge in [-0.2, -0.15) is 0 Å². The zero-order valence-corrected chi connectivity index (χ0v) is 26.6. The van der Waals surface area contributed by atoms with Crippen molar-refractivity contribution in [3.05, 3.63) is 49.6 Å². The van der Waals surface area contributed by atoms with Crippen LogP contribution in [0.15, 0.2) is 49.6 Å². The molecule has 0 saturated carbocycles. The predicted octanol–water partition coefficient (Wildman–Crippen LogP) is 3.87. The van der Waals surface area contributed by atoms with Crippen LogP contribution in [0.1, 0.15) is 53.4 Å². The summed E-state index contributed by atoms with van der Waals surface area (Å²) in [5, 5.41) is 9.34. The number of likely N-dealkylation sites (tertiary alicyclic amines) is 1. The lowest BCUT2D eigenvalue weighted by Gasteiger charge is -2.38. The lowest BCUT2D eigenvalue weighted by Crippen LogP contribution is -2.57. The van der Waals surface area contributed by atoms with Crippen LogP contribution < -0.4 is 9.80 Å². The van der Waals surface area contributed by atoms with Crippen LogP contribution in [-0.2, 0) is 19.1 Å². The summed E-state index contributed by atoms with van der Waals surface area (Å²) in [5.41, 5.74) is -0.193. The van der Waals surface area contributed by atoms with Crippen LogP contribution in [0.4, 0.5) is 11.4 Å². The number of likely N-dealkylation sites (N-methyl/N-ethyl adjacent to an activating group) is 1. The third-order valence-corrected chi connectivity index (χ3v) is 10.0. The molecule has 2 bridgehead atoms. The maximum absolute atomic E-state index is 14.8. The Labute approximate surface area is 257 Å². The molecule has 4 rings (SSSR count). The number of benzene rings is 1. The Kier molecular flexibility index (Phi) is 10.1. The first-order valence-electron chi connectivity index (χ1n) is 15.8. The van der Waals surface area contributed by atoms with Gasteiger partial charge in [-0.3, -0.25) is 14.4 Å². The SMILES string of the molecule is C=CCN(C)C(=O)[C@@H]1[C@H]2C(=O)N(CCCCCO)C(C(=O)N(CC=C)c3ccc(N(CC)CC)cc3)C23CC(C)[C@@]1(C)O3. The van der Waals surface area contributed by atoms with Crippen molar-refractivity contribution < 1.29 is 24.2 Å². The molecule has 1 spiro atoms. The van der Waals surface area contributed by atoms with E-state index in [-0.39, 0.29) is 36.8 Å². The molecule has 9 nitrogen and oxygen atoms in total. The highest BCUT2D eigenvalue weighted by molar-refractivity contribution is 6.05. The molecule has 1 aromatic rings. The fraction of sp³-hybridized carbons (Fsp3) is 0.618. The van der Waals surface area contributed by atoms with Gasteiger partial charge < -0.3 is 29.4 Å². The Balaban J connectivity index is 1.77. The van der Waals surface area contributed by atoms with Gasteiger partial charge in [0, 0.05) is 57.8 Å². The van der Waals surface area contributed by atoms with Gasteiger partial charge in [-0.05, 0) is 76.6 Å². The van der Waals surface area contributed by atoms with Crippen molar-refractivity contribution in [2.75, 3.05) is 56.2 Å². The minimum atomic E-state index is -1.12. The summed E-state index contributed by atoms with van der Waals surface area (Å²) in [5.74, 6) is -2.06. The van der Waals surface area contributed by atoms with Crippen molar-refractivity contribution in [2.24, 2.45) is 17.8 Å². The van der Waals surface area contributed by atoms with Gasteiger partial charge in [-0.15, -0.1) is 13.2 Å². The first-order valence-corrected chi connectivity index (χ1v) is 15.8. The Bertz CT molecular complexity index is 1200. The molecule has 3 heterocycles. The molecule has 3 fully saturated rings. The van der Waals surface area contributed by atoms with E-state index >= 15 is 0 Å². The molecule has 1 N–H and O–H groups in total. The van der Waals surface area contributed by atoms with Gasteiger partial charge in [0.05, 0.1) is 17.4 Å². The number of unbranched alkanes of at least 4 members (excludes halogenated alkanes) is 2. The van der Waals surface area contributed by atoms with E-state index in [0.29, 0.717) is 32.4 Å². The Hall–Kier alpha value is -3.17. The number of aliphatic hydroxyl groups is 1. The molecule has 3 aliphatic heterocycles. The van der Waals surface area contributed by atoms with Gasteiger partial charge in [0.1, 0.15) is 11.6 Å². The van der Waals surface area contributed by atoms with Gasteiger partial charge >= 0.3 is 0 Å². The molecule has 0 radical (unpaired) electrons. The van der Waals surface area contributed by atoms with Crippen LogP contribution in [0.3, 0.4) is 0 Å². The average molecular weight is 595 g/mol. The van der Waals surface area contributed by atoms with E-state index in [2.05, 4.69) is 38.8 Å². The van der Waals surface area contributed by atoms with Crippen LogP contribution in [-0.4, -0.2) is 96.3 Å². The first kappa shape index (κ1) is 32.7. The second-order valence-electron chi connectivity index (χ2n) is 12.5. The number of anilines is 2. The second-order valence-corrected chi connectivity index (χ2v) is 12.5. The summed E-state index contributed by atoms with van der Waals surface area (Å²) in [4.78, 5) is 50.3. The zero-order chi connectivity index (χ0) is 31.5. The number of hydrogen-bond acceptors (Lipinski definition) is 6. The first-order chi connectivity index (χ1) is 20.6. The molecular weight excluding hydrogens is 544 g/mol. The van der Waals surface area contributed by atoms with E-state index < -0.39 is 29.1 Å². The van der Waals surface area contributed by atoms with Crippen molar-refractivity contribution in [2.45, 2.75) is 70.6 Å². The highest BCUT2D eigenvalue weighted by Crippen LogP contribution is 2.65. The largest absolute Gasteiger partial charge is 0.396 e. The fourth-order valence-corrected chi connectivity index (χ4v) is 7.76. The number of carbonyl (C=O) groups excluding carboxylic acids is 3. The molecule has 3 amide bonds. The summed E-state index contributed by atoms with van der Waals surface area (Å²) in [6.07, 6.45) is 5.86. The van der Waals surface area contributed by atoms with Crippen molar-refractivity contribution >= 4 is 29.1 Å². The van der Waals surface area contributed by atoms with E-state index in [1.807, 2.05) is 31.2 Å².